The molecule has 8 aromatic carbocycles. The van der Waals surface area contributed by atoms with Crippen LogP contribution in [0.25, 0.3) is 82.5 Å². The first-order valence-electron chi connectivity index (χ1n) is 16.9. The second kappa shape index (κ2) is 11.1. The van der Waals surface area contributed by atoms with E-state index in [9.17, 15) is 0 Å². The fourth-order valence-corrected chi connectivity index (χ4v) is 7.70. The van der Waals surface area contributed by atoms with Gasteiger partial charge in [0.25, 0.3) is 0 Å². The van der Waals surface area contributed by atoms with Gasteiger partial charge in [-0.15, -0.1) is 0 Å². The van der Waals surface area contributed by atoms with Crippen molar-refractivity contribution in [2.45, 2.75) is 6.42 Å². The monoisotopic (exact) mass is 625 g/mol. The molecule has 0 aliphatic heterocycles. The Balaban J connectivity index is 0.998. The molecule has 0 unspecified atom stereocenters. The average Bonchev–Trinajstić information content (AvgIpc) is 3.72. The van der Waals surface area contributed by atoms with Crippen molar-refractivity contribution in [3.05, 3.63) is 187 Å². The van der Waals surface area contributed by atoms with Crippen molar-refractivity contribution in [2.75, 3.05) is 0 Å². The molecule has 10 aromatic rings. The van der Waals surface area contributed by atoms with E-state index in [1.54, 1.807) is 0 Å². The summed E-state index contributed by atoms with van der Waals surface area (Å²) in [6.07, 6.45) is 0.804. The van der Waals surface area contributed by atoms with Crippen LogP contribution < -0.4 is 0 Å². The van der Waals surface area contributed by atoms with Crippen molar-refractivity contribution < 1.29 is 4.42 Å². The highest BCUT2D eigenvalue weighted by Gasteiger charge is 2.16. The van der Waals surface area contributed by atoms with Crippen molar-refractivity contribution >= 4 is 54.5 Å². The number of furan rings is 1. The molecule has 0 saturated carbocycles. The highest BCUT2D eigenvalue weighted by molar-refractivity contribution is 6.19. The van der Waals surface area contributed by atoms with Crippen molar-refractivity contribution in [1.29, 1.82) is 0 Å². The number of nitrogens with zero attached hydrogens (tertiary/aromatic N) is 1. The van der Waals surface area contributed by atoms with Crippen molar-refractivity contribution in [3.8, 4) is 27.9 Å². The first-order chi connectivity index (χ1) is 24.3. The van der Waals surface area contributed by atoms with Gasteiger partial charge in [0.1, 0.15) is 11.2 Å². The zero-order valence-corrected chi connectivity index (χ0v) is 26.8. The van der Waals surface area contributed by atoms with Crippen LogP contribution in [0.4, 0.5) is 0 Å². The molecule has 0 amide bonds. The number of rotatable bonds is 5. The standard InChI is InChI=1S/C47H31NO/c1-2-14-38(15-3-1)48-43-19-8-6-17-40(43)42-30-35(25-26-44(42)48)34-13-10-12-33(28-34)32-23-21-31(22-24-32)27-37-29-36-11-4-5-16-39(36)46-41-18-7-9-20-45(41)49-47(37)46/h1-26,28-30H,27H2. The first-order valence-corrected chi connectivity index (χ1v) is 16.9. The predicted molar refractivity (Wildman–Crippen MR) is 206 cm³/mol. The smallest absolute Gasteiger partial charge is 0.139 e. The van der Waals surface area contributed by atoms with Gasteiger partial charge in [-0.3, -0.25) is 0 Å². The molecule has 10 rings (SSSR count). The zero-order valence-electron chi connectivity index (χ0n) is 26.8. The van der Waals surface area contributed by atoms with Crippen LogP contribution in [0.1, 0.15) is 11.1 Å². The lowest BCUT2D eigenvalue weighted by molar-refractivity contribution is 0.664. The summed E-state index contributed by atoms with van der Waals surface area (Å²) in [5.74, 6) is 0. The summed E-state index contributed by atoms with van der Waals surface area (Å²) in [5, 5.41) is 7.39. The summed E-state index contributed by atoms with van der Waals surface area (Å²) in [6.45, 7) is 0. The molecule has 2 aromatic heterocycles. The van der Waals surface area contributed by atoms with E-state index >= 15 is 0 Å². The summed E-state index contributed by atoms with van der Waals surface area (Å²) in [7, 11) is 0. The normalized spacial score (nSPS) is 11.8. The van der Waals surface area contributed by atoms with Crippen molar-refractivity contribution in [2.24, 2.45) is 0 Å². The van der Waals surface area contributed by atoms with Crippen LogP contribution in [-0.2, 0) is 6.42 Å². The van der Waals surface area contributed by atoms with Gasteiger partial charge in [-0.2, -0.15) is 0 Å². The minimum atomic E-state index is 0.804. The van der Waals surface area contributed by atoms with E-state index in [0.29, 0.717) is 0 Å². The van der Waals surface area contributed by atoms with Gasteiger partial charge in [-0.1, -0.05) is 127 Å². The van der Waals surface area contributed by atoms with Gasteiger partial charge >= 0.3 is 0 Å². The van der Waals surface area contributed by atoms with Crippen LogP contribution in [0.5, 0.6) is 0 Å². The Morgan fingerprint density at radius 1 is 0.429 bits per heavy atom. The van der Waals surface area contributed by atoms with E-state index in [2.05, 4.69) is 174 Å². The lowest BCUT2D eigenvalue weighted by Crippen LogP contribution is -1.92. The van der Waals surface area contributed by atoms with Crippen molar-refractivity contribution in [1.82, 2.24) is 4.57 Å². The van der Waals surface area contributed by atoms with Crippen LogP contribution >= 0.6 is 0 Å². The number of hydrogen-bond acceptors (Lipinski definition) is 1. The Bertz CT molecular complexity index is 2840. The third-order valence-electron chi connectivity index (χ3n) is 10.0. The van der Waals surface area contributed by atoms with E-state index in [1.165, 1.54) is 82.4 Å². The number of fused-ring (bicyclic) bond motifs is 8. The van der Waals surface area contributed by atoms with Crippen LogP contribution in [0.15, 0.2) is 180 Å². The quantitative estimate of drug-likeness (QED) is 0.186. The molecule has 0 saturated heterocycles. The van der Waals surface area contributed by atoms with Crippen LogP contribution in [-0.4, -0.2) is 4.57 Å². The second-order valence-electron chi connectivity index (χ2n) is 12.9. The maximum Gasteiger partial charge on any atom is 0.139 e. The molecule has 0 bridgehead atoms. The molecule has 2 heterocycles. The molecule has 0 N–H and O–H groups in total. The fraction of sp³-hybridized carbons (Fsp3) is 0.0213. The largest absolute Gasteiger partial charge is 0.456 e. The van der Waals surface area contributed by atoms with Gasteiger partial charge in [0.15, 0.2) is 0 Å². The lowest BCUT2D eigenvalue weighted by atomic mass is 9.95. The minimum Gasteiger partial charge on any atom is -0.456 e. The highest BCUT2D eigenvalue weighted by atomic mass is 16.3. The number of hydrogen-bond donors (Lipinski definition) is 0. The average molecular weight is 626 g/mol. The number of aromatic nitrogens is 1. The van der Waals surface area contributed by atoms with Gasteiger partial charge < -0.3 is 8.98 Å². The highest BCUT2D eigenvalue weighted by Crippen LogP contribution is 2.39. The molecule has 230 valence electrons. The van der Waals surface area contributed by atoms with Crippen LogP contribution in [0.2, 0.25) is 0 Å². The Kier molecular flexibility index (Phi) is 6.28. The molecule has 0 aliphatic carbocycles. The lowest BCUT2D eigenvalue weighted by Gasteiger charge is -2.10. The maximum atomic E-state index is 6.49. The number of benzene rings is 8. The van der Waals surface area contributed by atoms with Gasteiger partial charge in [-0.25, -0.2) is 0 Å². The summed E-state index contributed by atoms with van der Waals surface area (Å²) >= 11 is 0. The first kappa shape index (κ1) is 27.7. The molecule has 49 heavy (non-hydrogen) atoms. The third kappa shape index (κ3) is 4.57. The summed E-state index contributed by atoms with van der Waals surface area (Å²) < 4.78 is 8.85. The molecule has 0 atom stereocenters. The Morgan fingerprint density at radius 2 is 1.08 bits per heavy atom. The Hall–Kier alpha value is -6.38. The van der Waals surface area contributed by atoms with Crippen LogP contribution in [0.3, 0.4) is 0 Å². The van der Waals surface area contributed by atoms with Crippen molar-refractivity contribution in [3.63, 3.8) is 0 Å². The van der Waals surface area contributed by atoms with E-state index in [0.717, 1.165) is 17.6 Å². The third-order valence-corrected chi connectivity index (χ3v) is 10.0. The SMILES string of the molecule is c1ccc(-n2c3ccccc3c3cc(-c4cccc(-c5ccc(Cc6cc7ccccc7c7c6oc6ccccc67)cc5)c4)ccc32)cc1. The molecule has 2 nitrogen and oxygen atoms in total. The predicted octanol–water partition coefficient (Wildman–Crippen LogP) is 12.8. The van der Waals surface area contributed by atoms with Gasteiger partial charge in [0.2, 0.25) is 0 Å². The second-order valence-corrected chi connectivity index (χ2v) is 12.9. The van der Waals surface area contributed by atoms with E-state index in [1.807, 2.05) is 6.07 Å². The summed E-state index contributed by atoms with van der Waals surface area (Å²) in [5.41, 5.74) is 12.9. The molecule has 0 fully saturated rings. The molecule has 0 spiro atoms. The topological polar surface area (TPSA) is 18.1 Å². The van der Waals surface area contributed by atoms with Crippen LogP contribution in [0, 0.1) is 0 Å². The van der Waals surface area contributed by atoms with E-state index in [4.69, 9.17) is 4.42 Å². The van der Waals surface area contributed by atoms with Gasteiger partial charge in [0, 0.05) is 39.2 Å². The molecule has 0 radical (unpaired) electrons. The van der Waals surface area contributed by atoms with E-state index in [-0.39, 0.29) is 0 Å². The summed E-state index contributed by atoms with van der Waals surface area (Å²) in [6, 6.07) is 63.4. The molecule has 2 heteroatoms. The van der Waals surface area contributed by atoms with E-state index < -0.39 is 0 Å². The zero-order chi connectivity index (χ0) is 32.3. The van der Waals surface area contributed by atoms with Gasteiger partial charge in [-0.05, 0) is 87.1 Å². The summed E-state index contributed by atoms with van der Waals surface area (Å²) in [4.78, 5) is 0. The van der Waals surface area contributed by atoms with Gasteiger partial charge in [0.05, 0.1) is 11.0 Å². The Labute approximate surface area is 284 Å². The minimum absolute atomic E-state index is 0.804. The Morgan fingerprint density at radius 3 is 1.94 bits per heavy atom. The molecular formula is C47H31NO. The number of para-hydroxylation sites is 3. The fourth-order valence-electron chi connectivity index (χ4n) is 7.70. The molecule has 0 aliphatic rings. The molecular weight excluding hydrogens is 595 g/mol. The maximum absolute atomic E-state index is 6.49.